The molecule has 4 rings (SSSR count). The van der Waals surface area contributed by atoms with Crippen molar-refractivity contribution in [3.05, 3.63) is 53.2 Å². The predicted octanol–water partition coefficient (Wildman–Crippen LogP) is 3.61. The normalized spacial score (nSPS) is 15.4. The van der Waals surface area contributed by atoms with Crippen LogP contribution in [0.5, 0.6) is 17.2 Å². The Bertz CT molecular complexity index is 1010. The maximum atomic E-state index is 12.8. The molecule has 3 aromatic rings. The molecule has 0 saturated carbocycles. The van der Waals surface area contributed by atoms with Gasteiger partial charge in [0.25, 0.3) is 5.91 Å². The smallest absolute Gasteiger partial charge is 0.268 e. The summed E-state index contributed by atoms with van der Waals surface area (Å²) in [5.41, 5.74) is 3.67. The number of nitrogens with one attached hydrogen (secondary N) is 2. The van der Waals surface area contributed by atoms with Crippen LogP contribution in [0.25, 0.3) is 10.9 Å². The van der Waals surface area contributed by atoms with Crippen molar-refractivity contribution in [3.8, 4) is 17.2 Å². The van der Waals surface area contributed by atoms with Crippen molar-refractivity contribution in [2.24, 2.45) is 0 Å². The Labute approximate surface area is 157 Å². The van der Waals surface area contributed by atoms with Gasteiger partial charge in [-0.25, -0.2) is 0 Å². The van der Waals surface area contributed by atoms with Crippen molar-refractivity contribution in [2.45, 2.75) is 18.9 Å². The molecule has 1 amide bonds. The lowest BCUT2D eigenvalue weighted by molar-refractivity contribution is 0.0932. The molecular formula is C21H22N2O4. The van der Waals surface area contributed by atoms with Crippen LogP contribution >= 0.6 is 0 Å². The van der Waals surface area contributed by atoms with Crippen LogP contribution in [0.4, 0.5) is 0 Å². The number of benzene rings is 2. The number of aryl methyl sites for hydroxylation is 1. The van der Waals surface area contributed by atoms with E-state index in [-0.39, 0.29) is 11.9 Å². The first-order chi connectivity index (χ1) is 13.2. The topological polar surface area (TPSA) is 72.6 Å². The molecule has 0 bridgehead atoms. The minimum Gasteiger partial charge on any atom is -0.493 e. The highest BCUT2D eigenvalue weighted by molar-refractivity contribution is 6.01. The summed E-state index contributed by atoms with van der Waals surface area (Å²) in [5.74, 6) is 1.41. The molecule has 2 N–H and O–H groups in total. The zero-order chi connectivity index (χ0) is 19.0. The van der Waals surface area contributed by atoms with Crippen molar-refractivity contribution in [1.29, 1.82) is 0 Å². The number of carbonyl (C=O) groups excluding carboxylic acids is 1. The molecule has 0 fully saturated rings. The van der Waals surface area contributed by atoms with Gasteiger partial charge in [0.1, 0.15) is 5.69 Å². The fraction of sp³-hybridized carbons (Fsp3) is 0.286. The van der Waals surface area contributed by atoms with Crippen LogP contribution in [0.1, 0.15) is 34.1 Å². The van der Waals surface area contributed by atoms with Crippen molar-refractivity contribution < 1.29 is 19.0 Å². The number of aromatic nitrogens is 1. The summed E-state index contributed by atoms with van der Waals surface area (Å²) in [7, 11) is 4.69. The SMILES string of the molecule is COc1cc2cc(C(=O)N[C@@H]3CCc4ccccc43)[nH]c2c(OC)c1OC. The van der Waals surface area contributed by atoms with Gasteiger partial charge in [-0.2, -0.15) is 0 Å². The first kappa shape index (κ1) is 17.3. The molecule has 6 heteroatoms. The van der Waals surface area contributed by atoms with Crippen LogP contribution in [0.15, 0.2) is 36.4 Å². The Balaban J connectivity index is 1.67. The maximum absolute atomic E-state index is 12.8. The van der Waals surface area contributed by atoms with Gasteiger partial charge in [-0.3, -0.25) is 4.79 Å². The molecule has 0 saturated heterocycles. The Morgan fingerprint density at radius 2 is 1.85 bits per heavy atom. The molecule has 1 aliphatic carbocycles. The number of ether oxygens (including phenoxy) is 3. The standard InChI is InChI=1S/C21H22N2O4/c1-25-17-11-13-10-16(22-18(13)20(27-3)19(17)26-2)21(24)23-15-9-8-12-6-4-5-7-14(12)15/h4-7,10-11,15,22H,8-9H2,1-3H3,(H,23,24)/t15-/m1/s1. The zero-order valence-corrected chi connectivity index (χ0v) is 15.6. The average Bonchev–Trinajstić information content (AvgIpc) is 3.30. The number of hydrogen-bond acceptors (Lipinski definition) is 4. The van der Waals surface area contributed by atoms with Gasteiger partial charge in [-0.15, -0.1) is 0 Å². The molecule has 27 heavy (non-hydrogen) atoms. The minimum absolute atomic E-state index is 0.0334. The van der Waals surface area contributed by atoms with E-state index in [1.54, 1.807) is 27.4 Å². The van der Waals surface area contributed by atoms with E-state index in [0.29, 0.717) is 28.5 Å². The van der Waals surface area contributed by atoms with Crippen LogP contribution in [0.3, 0.4) is 0 Å². The third-order valence-electron chi connectivity index (χ3n) is 5.10. The van der Waals surface area contributed by atoms with Crippen LogP contribution < -0.4 is 19.5 Å². The summed E-state index contributed by atoms with van der Waals surface area (Å²) < 4.78 is 16.3. The van der Waals surface area contributed by atoms with Gasteiger partial charge in [0.2, 0.25) is 5.75 Å². The molecular weight excluding hydrogens is 344 g/mol. The number of fused-ring (bicyclic) bond motifs is 2. The number of carbonyl (C=O) groups is 1. The van der Waals surface area contributed by atoms with Gasteiger partial charge in [0.05, 0.1) is 32.9 Å². The average molecular weight is 366 g/mol. The van der Waals surface area contributed by atoms with E-state index < -0.39 is 0 Å². The van der Waals surface area contributed by atoms with E-state index in [4.69, 9.17) is 14.2 Å². The fourth-order valence-corrected chi connectivity index (χ4v) is 3.81. The minimum atomic E-state index is -0.145. The zero-order valence-electron chi connectivity index (χ0n) is 15.6. The van der Waals surface area contributed by atoms with Gasteiger partial charge >= 0.3 is 0 Å². The predicted molar refractivity (Wildman–Crippen MR) is 103 cm³/mol. The monoisotopic (exact) mass is 366 g/mol. The molecule has 0 radical (unpaired) electrons. The molecule has 1 aromatic heterocycles. The highest BCUT2D eigenvalue weighted by atomic mass is 16.5. The largest absolute Gasteiger partial charge is 0.493 e. The number of amides is 1. The van der Waals surface area contributed by atoms with Crippen LogP contribution in [0, 0.1) is 0 Å². The number of hydrogen-bond donors (Lipinski definition) is 2. The van der Waals surface area contributed by atoms with E-state index in [1.165, 1.54) is 11.1 Å². The summed E-state index contributed by atoms with van der Waals surface area (Å²) in [4.78, 5) is 16.0. The lowest BCUT2D eigenvalue weighted by Gasteiger charge is -2.13. The highest BCUT2D eigenvalue weighted by Crippen LogP contribution is 2.43. The molecule has 1 heterocycles. The summed E-state index contributed by atoms with van der Waals surface area (Å²) in [6.07, 6.45) is 1.90. The van der Waals surface area contributed by atoms with Gasteiger partial charge < -0.3 is 24.5 Å². The van der Waals surface area contributed by atoms with Gasteiger partial charge in [0, 0.05) is 5.39 Å². The highest BCUT2D eigenvalue weighted by Gasteiger charge is 2.25. The Morgan fingerprint density at radius 3 is 2.59 bits per heavy atom. The molecule has 140 valence electrons. The number of methoxy groups -OCH3 is 3. The van der Waals surface area contributed by atoms with E-state index in [9.17, 15) is 4.79 Å². The number of aromatic amines is 1. The Hall–Kier alpha value is -3.15. The summed E-state index contributed by atoms with van der Waals surface area (Å²) in [5, 5.41) is 3.95. The van der Waals surface area contributed by atoms with Crippen molar-refractivity contribution in [3.63, 3.8) is 0 Å². The van der Waals surface area contributed by atoms with Crippen molar-refractivity contribution >= 4 is 16.8 Å². The molecule has 0 unspecified atom stereocenters. The van der Waals surface area contributed by atoms with Gasteiger partial charge in [0.15, 0.2) is 11.5 Å². The molecule has 0 spiro atoms. The van der Waals surface area contributed by atoms with E-state index >= 15 is 0 Å². The molecule has 2 aromatic carbocycles. The Morgan fingerprint density at radius 1 is 1.07 bits per heavy atom. The molecule has 1 atom stereocenters. The molecule has 1 aliphatic rings. The van der Waals surface area contributed by atoms with Crippen LogP contribution in [-0.4, -0.2) is 32.2 Å². The van der Waals surface area contributed by atoms with Crippen LogP contribution in [-0.2, 0) is 6.42 Å². The molecule has 6 nitrogen and oxygen atoms in total. The first-order valence-electron chi connectivity index (χ1n) is 8.86. The lowest BCUT2D eigenvalue weighted by atomic mass is 10.1. The van der Waals surface area contributed by atoms with E-state index in [1.807, 2.05) is 18.2 Å². The number of rotatable bonds is 5. The van der Waals surface area contributed by atoms with Gasteiger partial charge in [-0.05, 0) is 36.1 Å². The number of H-pyrrole nitrogens is 1. The summed E-state index contributed by atoms with van der Waals surface area (Å²) in [6, 6.07) is 11.9. The first-order valence-corrected chi connectivity index (χ1v) is 8.86. The van der Waals surface area contributed by atoms with Crippen LogP contribution in [0.2, 0.25) is 0 Å². The molecule has 0 aliphatic heterocycles. The van der Waals surface area contributed by atoms with Crippen molar-refractivity contribution in [2.75, 3.05) is 21.3 Å². The van der Waals surface area contributed by atoms with E-state index in [2.05, 4.69) is 22.4 Å². The third kappa shape index (κ3) is 2.87. The summed E-state index contributed by atoms with van der Waals surface area (Å²) in [6.45, 7) is 0. The van der Waals surface area contributed by atoms with Gasteiger partial charge in [-0.1, -0.05) is 24.3 Å². The van der Waals surface area contributed by atoms with Crippen molar-refractivity contribution in [1.82, 2.24) is 10.3 Å². The second-order valence-corrected chi connectivity index (χ2v) is 6.56. The summed E-state index contributed by atoms with van der Waals surface area (Å²) >= 11 is 0. The third-order valence-corrected chi connectivity index (χ3v) is 5.10. The fourth-order valence-electron chi connectivity index (χ4n) is 3.81. The van der Waals surface area contributed by atoms with E-state index in [0.717, 1.165) is 18.2 Å². The Kier molecular flexibility index (Phi) is 4.39. The second-order valence-electron chi connectivity index (χ2n) is 6.56. The maximum Gasteiger partial charge on any atom is 0.268 e. The lowest BCUT2D eigenvalue weighted by Crippen LogP contribution is -2.27. The quantitative estimate of drug-likeness (QED) is 0.724. The second kappa shape index (κ2) is 6.87.